The SMILES string of the molecule is CCN(Cc1ccccn1)C1CCc2cccc(PC)c2C1. The molecule has 0 saturated carbocycles. The Labute approximate surface area is 135 Å². The van der Waals surface area contributed by atoms with Crippen molar-refractivity contribution in [1.29, 1.82) is 0 Å². The molecule has 22 heavy (non-hydrogen) atoms. The van der Waals surface area contributed by atoms with Gasteiger partial charge in [-0.1, -0.05) is 39.8 Å². The molecule has 1 aliphatic rings. The van der Waals surface area contributed by atoms with Crippen molar-refractivity contribution in [2.24, 2.45) is 0 Å². The van der Waals surface area contributed by atoms with Gasteiger partial charge in [0, 0.05) is 18.8 Å². The molecule has 2 aromatic rings. The van der Waals surface area contributed by atoms with E-state index in [-0.39, 0.29) is 0 Å². The molecule has 116 valence electrons. The Morgan fingerprint density at radius 2 is 2.14 bits per heavy atom. The lowest BCUT2D eigenvalue weighted by molar-refractivity contribution is 0.178. The second-order valence-corrected chi connectivity index (χ2v) is 7.01. The van der Waals surface area contributed by atoms with Gasteiger partial charge in [-0.25, -0.2) is 0 Å². The van der Waals surface area contributed by atoms with Gasteiger partial charge in [0.2, 0.25) is 0 Å². The number of hydrogen-bond donors (Lipinski definition) is 0. The fourth-order valence-corrected chi connectivity index (χ4v) is 4.34. The molecule has 0 amide bonds. The molecule has 0 saturated heterocycles. The Morgan fingerprint density at radius 1 is 1.23 bits per heavy atom. The molecule has 1 aliphatic carbocycles. The Bertz CT molecular complexity index is 598. The van der Waals surface area contributed by atoms with Crippen molar-refractivity contribution in [3.8, 4) is 0 Å². The van der Waals surface area contributed by atoms with Crippen LogP contribution in [0.2, 0.25) is 0 Å². The molecule has 1 aromatic carbocycles. The van der Waals surface area contributed by atoms with Gasteiger partial charge in [-0.05, 0) is 61.0 Å². The van der Waals surface area contributed by atoms with Crippen molar-refractivity contribution < 1.29 is 0 Å². The van der Waals surface area contributed by atoms with Crippen molar-refractivity contribution in [3.63, 3.8) is 0 Å². The maximum Gasteiger partial charge on any atom is 0.0544 e. The highest BCUT2D eigenvalue weighted by Crippen LogP contribution is 2.26. The average Bonchev–Trinajstić information content (AvgIpc) is 2.59. The summed E-state index contributed by atoms with van der Waals surface area (Å²) in [5, 5.41) is 1.57. The molecule has 0 fully saturated rings. The van der Waals surface area contributed by atoms with Gasteiger partial charge in [0.25, 0.3) is 0 Å². The molecule has 1 aromatic heterocycles. The number of aromatic nitrogens is 1. The van der Waals surface area contributed by atoms with Gasteiger partial charge in [0.15, 0.2) is 0 Å². The number of benzene rings is 1. The van der Waals surface area contributed by atoms with E-state index in [0.717, 1.165) is 21.7 Å². The highest BCUT2D eigenvalue weighted by molar-refractivity contribution is 7.46. The predicted octanol–water partition coefficient (Wildman–Crippen LogP) is 3.39. The summed E-state index contributed by atoms with van der Waals surface area (Å²) in [5.41, 5.74) is 4.39. The minimum absolute atomic E-state index is 0.650. The standard InChI is InChI=1S/C19H25N2P/c1-3-21(14-16-8-4-5-12-20-16)17-11-10-15-7-6-9-19(22-2)18(15)13-17/h4-9,12,17,22H,3,10-11,13-14H2,1-2H3. The van der Waals surface area contributed by atoms with Gasteiger partial charge >= 0.3 is 0 Å². The molecular weight excluding hydrogens is 287 g/mol. The van der Waals surface area contributed by atoms with Crippen LogP contribution in [0, 0.1) is 0 Å². The Morgan fingerprint density at radius 3 is 2.86 bits per heavy atom. The van der Waals surface area contributed by atoms with E-state index in [4.69, 9.17) is 0 Å². The van der Waals surface area contributed by atoms with E-state index in [1.165, 1.54) is 25.0 Å². The fourth-order valence-electron chi connectivity index (χ4n) is 3.51. The number of aryl methyl sites for hydroxylation is 1. The topological polar surface area (TPSA) is 16.1 Å². The molecule has 0 N–H and O–H groups in total. The number of likely N-dealkylation sites (N-methyl/N-ethyl adjacent to an activating group) is 1. The number of nitrogens with zero attached hydrogens (tertiary/aromatic N) is 2. The van der Waals surface area contributed by atoms with Crippen LogP contribution in [0.5, 0.6) is 0 Å². The van der Waals surface area contributed by atoms with Gasteiger partial charge < -0.3 is 0 Å². The van der Waals surface area contributed by atoms with Gasteiger partial charge in [-0.2, -0.15) is 0 Å². The normalized spacial score (nSPS) is 18.0. The maximum absolute atomic E-state index is 4.50. The Hall–Kier alpha value is -1.24. The van der Waals surface area contributed by atoms with E-state index in [2.05, 4.69) is 53.8 Å². The van der Waals surface area contributed by atoms with E-state index < -0.39 is 0 Å². The predicted molar refractivity (Wildman–Crippen MR) is 96.4 cm³/mol. The molecule has 0 spiro atoms. The second-order valence-electron chi connectivity index (χ2n) is 5.97. The van der Waals surface area contributed by atoms with Gasteiger partial charge in [0.1, 0.15) is 0 Å². The largest absolute Gasteiger partial charge is 0.294 e. The zero-order valence-electron chi connectivity index (χ0n) is 13.5. The van der Waals surface area contributed by atoms with Crippen LogP contribution >= 0.6 is 8.58 Å². The number of rotatable bonds is 5. The van der Waals surface area contributed by atoms with Crippen LogP contribution in [0.1, 0.15) is 30.2 Å². The van der Waals surface area contributed by atoms with E-state index in [0.29, 0.717) is 6.04 Å². The first-order valence-electron chi connectivity index (χ1n) is 8.24. The zero-order chi connectivity index (χ0) is 15.4. The number of fused-ring (bicyclic) bond motifs is 1. The smallest absolute Gasteiger partial charge is 0.0544 e. The fraction of sp³-hybridized carbons (Fsp3) is 0.421. The Kier molecular flexibility index (Phi) is 5.23. The van der Waals surface area contributed by atoms with Crippen molar-refractivity contribution in [2.75, 3.05) is 13.2 Å². The third kappa shape index (κ3) is 3.39. The van der Waals surface area contributed by atoms with Crippen LogP contribution in [0.3, 0.4) is 0 Å². The van der Waals surface area contributed by atoms with Crippen LogP contribution in [0.4, 0.5) is 0 Å². The minimum Gasteiger partial charge on any atom is -0.294 e. The van der Waals surface area contributed by atoms with Crippen LogP contribution in [-0.2, 0) is 19.4 Å². The van der Waals surface area contributed by atoms with Gasteiger partial charge in [-0.3, -0.25) is 9.88 Å². The van der Waals surface area contributed by atoms with Crippen LogP contribution in [0.15, 0.2) is 42.6 Å². The number of hydrogen-bond acceptors (Lipinski definition) is 2. The van der Waals surface area contributed by atoms with Crippen molar-refractivity contribution in [3.05, 3.63) is 59.4 Å². The monoisotopic (exact) mass is 312 g/mol. The summed E-state index contributed by atoms with van der Waals surface area (Å²) < 4.78 is 0. The molecule has 3 heteroatoms. The van der Waals surface area contributed by atoms with E-state index in [1.54, 1.807) is 16.4 Å². The molecule has 1 heterocycles. The first-order chi connectivity index (χ1) is 10.8. The quantitative estimate of drug-likeness (QED) is 0.787. The van der Waals surface area contributed by atoms with Gasteiger partial charge in [-0.15, -0.1) is 0 Å². The maximum atomic E-state index is 4.50. The van der Waals surface area contributed by atoms with E-state index >= 15 is 0 Å². The molecule has 2 atom stereocenters. The molecule has 2 nitrogen and oxygen atoms in total. The third-order valence-electron chi connectivity index (χ3n) is 4.74. The average molecular weight is 312 g/mol. The third-order valence-corrected chi connectivity index (χ3v) is 5.75. The summed E-state index contributed by atoms with van der Waals surface area (Å²) >= 11 is 0. The van der Waals surface area contributed by atoms with Gasteiger partial charge in [0.05, 0.1) is 5.69 Å². The molecule has 0 radical (unpaired) electrons. The minimum atomic E-state index is 0.650. The highest BCUT2D eigenvalue weighted by atomic mass is 31.1. The first kappa shape index (κ1) is 15.6. The second kappa shape index (κ2) is 7.35. The summed E-state index contributed by atoms with van der Waals surface area (Å²) in [6.45, 7) is 6.62. The summed E-state index contributed by atoms with van der Waals surface area (Å²) in [7, 11) is 0.896. The molecule has 2 unspecified atom stereocenters. The molecule has 3 rings (SSSR count). The zero-order valence-corrected chi connectivity index (χ0v) is 14.5. The highest BCUT2D eigenvalue weighted by Gasteiger charge is 2.25. The molecule has 0 bridgehead atoms. The lowest BCUT2D eigenvalue weighted by Crippen LogP contribution is -2.40. The summed E-state index contributed by atoms with van der Waals surface area (Å²) in [4.78, 5) is 7.10. The van der Waals surface area contributed by atoms with Crippen molar-refractivity contribution >= 4 is 13.9 Å². The number of pyridine rings is 1. The van der Waals surface area contributed by atoms with Crippen molar-refractivity contribution in [2.45, 2.75) is 38.8 Å². The van der Waals surface area contributed by atoms with Crippen molar-refractivity contribution in [1.82, 2.24) is 9.88 Å². The summed E-state index contributed by atoms with van der Waals surface area (Å²) in [5.74, 6) is 0. The lowest BCUT2D eigenvalue weighted by Gasteiger charge is -2.35. The van der Waals surface area contributed by atoms with Crippen LogP contribution in [-0.4, -0.2) is 29.1 Å². The Balaban J connectivity index is 1.77. The summed E-state index contributed by atoms with van der Waals surface area (Å²) in [6, 6.07) is 13.7. The molecular formula is C19H25N2P. The van der Waals surface area contributed by atoms with E-state index in [9.17, 15) is 0 Å². The van der Waals surface area contributed by atoms with E-state index in [1.807, 2.05) is 12.3 Å². The summed E-state index contributed by atoms with van der Waals surface area (Å²) in [6.07, 6.45) is 5.59. The van der Waals surface area contributed by atoms with Crippen LogP contribution in [0.25, 0.3) is 0 Å². The molecule has 0 aliphatic heterocycles. The lowest BCUT2D eigenvalue weighted by atomic mass is 9.87. The van der Waals surface area contributed by atoms with Crippen LogP contribution < -0.4 is 5.30 Å². The first-order valence-corrected chi connectivity index (χ1v) is 9.74.